The Kier molecular flexibility index (Phi) is 8.07. The van der Waals surface area contributed by atoms with Crippen molar-refractivity contribution < 1.29 is 29.0 Å². The second-order valence-corrected chi connectivity index (χ2v) is 7.21. The molecule has 0 radical (unpaired) electrons. The van der Waals surface area contributed by atoms with Crippen molar-refractivity contribution in [3.8, 4) is 23.0 Å². The minimum atomic E-state index is -0.513. The Morgan fingerprint density at radius 1 is 0.914 bits per heavy atom. The second-order valence-electron chi connectivity index (χ2n) is 7.21. The quantitative estimate of drug-likeness (QED) is 0.144. The van der Waals surface area contributed by atoms with Crippen LogP contribution in [-0.2, 0) is 4.79 Å². The van der Waals surface area contributed by atoms with E-state index in [2.05, 4.69) is 5.32 Å². The number of nitro groups is 1. The van der Waals surface area contributed by atoms with Crippen molar-refractivity contribution in [2.45, 2.75) is 0 Å². The van der Waals surface area contributed by atoms with Gasteiger partial charge in [-0.15, -0.1) is 0 Å². The third-order valence-electron chi connectivity index (χ3n) is 4.97. The van der Waals surface area contributed by atoms with Gasteiger partial charge in [0.1, 0.15) is 5.75 Å². The smallest absolute Gasteiger partial charge is 0.270 e. The standard InChI is InChI=1S/C26H24N2O7/c1-33-22-15-18(16-23(34-2)26(22)35-3)10-12-19-7-5-9-21(29)25(19)27-24(30)13-11-17-6-4-8-20(14-17)28(31)32/h4-16,29H,1-3H3,(H,27,30)/b12-10?,13-11+. The van der Waals surface area contributed by atoms with Gasteiger partial charge in [-0.2, -0.15) is 0 Å². The van der Waals surface area contributed by atoms with Crippen molar-refractivity contribution >= 4 is 35.5 Å². The van der Waals surface area contributed by atoms with E-state index in [0.717, 1.165) is 5.56 Å². The molecule has 0 fully saturated rings. The van der Waals surface area contributed by atoms with Crippen LogP contribution in [0.5, 0.6) is 23.0 Å². The molecule has 0 aliphatic heterocycles. The summed E-state index contributed by atoms with van der Waals surface area (Å²) in [5, 5.41) is 23.9. The number of hydrogen-bond acceptors (Lipinski definition) is 7. The summed E-state index contributed by atoms with van der Waals surface area (Å²) in [5.41, 5.74) is 1.92. The van der Waals surface area contributed by atoms with Gasteiger partial charge < -0.3 is 24.6 Å². The fourth-order valence-corrected chi connectivity index (χ4v) is 3.29. The van der Waals surface area contributed by atoms with Crippen LogP contribution < -0.4 is 19.5 Å². The molecule has 0 spiro atoms. The topological polar surface area (TPSA) is 120 Å². The Hall–Kier alpha value is -4.79. The summed E-state index contributed by atoms with van der Waals surface area (Å²) in [4.78, 5) is 22.9. The Labute approximate surface area is 202 Å². The zero-order valence-corrected chi connectivity index (χ0v) is 19.3. The molecule has 0 saturated heterocycles. The number of para-hydroxylation sites is 1. The highest BCUT2D eigenvalue weighted by Crippen LogP contribution is 2.39. The largest absolute Gasteiger partial charge is 0.506 e. The van der Waals surface area contributed by atoms with Gasteiger partial charge in [0, 0.05) is 23.8 Å². The summed E-state index contributed by atoms with van der Waals surface area (Å²) in [6.45, 7) is 0. The van der Waals surface area contributed by atoms with E-state index < -0.39 is 10.8 Å². The fraction of sp³-hybridized carbons (Fsp3) is 0.115. The third-order valence-corrected chi connectivity index (χ3v) is 4.97. The molecule has 0 aliphatic carbocycles. The molecule has 0 heterocycles. The van der Waals surface area contributed by atoms with Gasteiger partial charge in [0.2, 0.25) is 11.7 Å². The van der Waals surface area contributed by atoms with Gasteiger partial charge in [0.05, 0.1) is 31.9 Å². The van der Waals surface area contributed by atoms with Gasteiger partial charge in [-0.25, -0.2) is 0 Å². The minimum absolute atomic E-state index is 0.0764. The Morgan fingerprint density at radius 2 is 1.60 bits per heavy atom. The molecule has 0 unspecified atom stereocenters. The lowest BCUT2D eigenvalue weighted by Gasteiger charge is -2.13. The zero-order chi connectivity index (χ0) is 25.4. The molecule has 3 aromatic rings. The van der Waals surface area contributed by atoms with E-state index in [1.807, 2.05) is 0 Å². The number of carbonyl (C=O) groups is 1. The number of ether oxygens (including phenoxy) is 3. The van der Waals surface area contributed by atoms with E-state index in [4.69, 9.17) is 14.2 Å². The number of rotatable bonds is 9. The van der Waals surface area contributed by atoms with Crippen LogP contribution in [0.3, 0.4) is 0 Å². The Balaban J connectivity index is 1.84. The first-order valence-electron chi connectivity index (χ1n) is 10.4. The van der Waals surface area contributed by atoms with E-state index in [9.17, 15) is 20.0 Å². The van der Waals surface area contributed by atoms with Gasteiger partial charge in [-0.1, -0.05) is 36.4 Å². The number of carbonyl (C=O) groups excluding carboxylic acids is 1. The van der Waals surface area contributed by atoms with Crippen molar-refractivity contribution in [2.75, 3.05) is 26.6 Å². The molecule has 9 nitrogen and oxygen atoms in total. The highest BCUT2D eigenvalue weighted by molar-refractivity contribution is 6.04. The summed E-state index contributed by atoms with van der Waals surface area (Å²) >= 11 is 0. The Morgan fingerprint density at radius 3 is 2.23 bits per heavy atom. The predicted octanol–water partition coefficient (Wildman–Crippen LogP) is 5.15. The number of aromatic hydroxyl groups is 1. The highest BCUT2D eigenvalue weighted by Gasteiger charge is 2.13. The first-order chi connectivity index (χ1) is 16.9. The maximum atomic E-state index is 12.5. The van der Waals surface area contributed by atoms with Crippen molar-refractivity contribution in [1.29, 1.82) is 0 Å². The second kappa shape index (κ2) is 11.4. The molecule has 0 bridgehead atoms. The molecule has 9 heteroatoms. The fourth-order valence-electron chi connectivity index (χ4n) is 3.29. The van der Waals surface area contributed by atoms with Gasteiger partial charge in [-0.3, -0.25) is 14.9 Å². The monoisotopic (exact) mass is 476 g/mol. The van der Waals surface area contributed by atoms with Gasteiger partial charge in [0.15, 0.2) is 11.5 Å². The molecule has 2 N–H and O–H groups in total. The number of methoxy groups -OCH3 is 3. The lowest BCUT2D eigenvalue weighted by atomic mass is 10.1. The highest BCUT2D eigenvalue weighted by atomic mass is 16.6. The molecule has 35 heavy (non-hydrogen) atoms. The van der Waals surface area contributed by atoms with Crippen LogP contribution >= 0.6 is 0 Å². The van der Waals surface area contributed by atoms with Gasteiger partial charge in [-0.05, 0) is 35.4 Å². The SMILES string of the molecule is COc1cc(C=Cc2cccc(O)c2NC(=O)/C=C/c2cccc([N+](=O)[O-])c2)cc(OC)c1OC. The maximum Gasteiger partial charge on any atom is 0.270 e. The molecule has 0 aliphatic rings. The number of anilines is 1. The number of nitrogens with zero attached hydrogens (tertiary/aromatic N) is 1. The molecule has 3 aromatic carbocycles. The number of hydrogen-bond donors (Lipinski definition) is 2. The molecule has 180 valence electrons. The molecule has 0 aromatic heterocycles. The number of amides is 1. The molecular formula is C26H24N2O7. The summed E-state index contributed by atoms with van der Waals surface area (Å²) in [7, 11) is 4.56. The number of phenols is 1. The van der Waals surface area contributed by atoms with Crippen LogP contribution in [0.25, 0.3) is 18.2 Å². The normalized spacial score (nSPS) is 10.9. The van der Waals surface area contributed by atoms with Crippen molar-refractivity contribution in [3.63, 3.8) is 0 Å². The van der Waals surface area contributed by atoms with E-state index in [-0.39, 0.29) is 17.1 Å². The summed E-state index contributed by atoms with van der Waals surface area (Å²) in [5.74, 6) is 0.812. The number of nitro benzene ring substituents is 1. The Bertz CT molecular complexity index is 1270. The van der Waals surface area contributed by atoms with Crippen LogP contribution in [0.2, 0.25) is 0 Å². The van der Waals surface area contributed by atoms with Crippen LogP contribution in [0.15, 0.2) is 60.7 Å². The summed E-state index contributed by atoms with van der Waals surface area (Å²) in [6.07, 6.45) is 6.18. The van der Waals surface area contributed by atoms with Crippen molar-refractivity contribution in [2.24, 2.45) is 0 Å². The van der Waals surface area contributed by atoms with E-state index in [0.29, 0.717) is 28.4 Å². The number of non-ortho nitro benzene ring substituents is 1. The molecule has 0 atom stereocenters. The summed E-state index contributed by atoms with van der Waals surface area (Å²) in [6, 6.07) is 14.3. The molecular weight excluding hydrogens is 452 g/mol. The number of phenolic OH excluding ortho intramolecular Hbond substituents is 1. The maximum absolute atomic E-state index is 12.5. The van der Waals surface area contributed by atoms with E-state index in [1.165, 1.54) is 57.7 Å². The predicted molar refractivity (Wildman–Crippen MR) is 134 cm³/mol. The average molecular weight is 476 g/mol. The minimum Gasteiger partial charge on any atom is -0.506 e. The molecule has 0 saturated carbocycles. The van der Waals surface area contributed by atoms with Crippen LogP contribution in [0.4, 0.5) is 11.4 Å². The van der Waals surface area contributed by atoms with E-state index >= 15 is 0 Å². The first-order valence-corrected chi connectivity index (χ1v) is 10.4. The first kappa shape index (κ1) is 24.8. The average Bonchev–Trinajstić information content (AvgIpc) is 2.87. The summed E-state index contributed by atoms with van der Waals surface area (Å²) < 4.78 is 16.1. The molecule has 1 amide bonds. The lowest BCUT2D eigenvalue weighted by Crippen LogP contribution is -2.09. The third kappa shape index (κ3) is 6.17. The number of benzene rings is 3. The van der Waals surface area contributed by atoms with Crippen molar-refractivity contribution in [1.82, 2.24) is 0 Å². The van der Waals surface area contributed by atoms with Crippen LogP contribution in [-0.4, -0.2) is 37.3 Å². The van der Waals surface area contributed by atoms with Crippen LogP contribution in [0, 0.1) is 10.1 Å². The van der Waals surface area contributed by atoms with Gasteiger partial charge >= 0.3 is 0 Å². The number of nitrogens with one attached hydrogen (secondary N) is 1. The van der Waals surface area contributed by atoms with E-state index in [1.54, 1.807) is 42.5 Å². The van der Waals surface area contributed by atoms with Gasteiger partial charge in [0.25, 0.3) is 5.69 Å². The lowest BCUT2D eigenvalue weighted by molar-refractivity contribution is -0.384. The molecule has 3 rings (SSSR count). The van der Waals surface area contributed by atoms with Crippen molar-refractivity contribution in [3.05, 3.63) is 87.5 Å². The zero-order valence-electron chi connectivity index (χ0n) is 19.3. The van der Waals surface area contributed by atoms with Crippen LogP contribution in [0.1, 0.15) is 16.7 Å².